The van der Waals surface area contributed by atoms with Gasteiger partial charge >= 0.3 is 0 Å². The van der Waals surface area contributed by atoms with Crippen molar-refractivity contribution in [3.8, 4) is 0 Å². The van der Waals surface area contributed by atoms with Crippen LogP contribution in [-0.2, 0) is 19.5 Å². The Bertz CT molecular complexity index is 692. The number of hydrogen-bond acceptors (Lipinski definition) is 3. The van der Waals surface area contributed by atoms with Gasteiger partial charge < -0.3 is 0 Å². The van der Waals surface area contributed by atoms with Crippen LogP contribution in [0.3, 0.4) is 0 Å². The van der Waals surface area contributed by atoms with Crippen molar-refractivity contribution in [2.75, 3.05) is 0 Å². The van der Waals surface area contributed by atoms with Crippen LogP contribution in [0.1, 0.15) is 31.1 Å². The Morgan fingerprint density at radius 1 is 1.40 bits per heavy atom. The number of rotatable bonds is 4. The Morgan fingerprint density at radius 3 is 2.65 bits per heavy atom. The molecule has 5 nitrogen and oxygen atoms in total. The summed E-state index contributed by atoms with van der Waals surface area (Å²) in [4.78, 5) is 16.2. The molecule has 0 saturated carbocycles. The van der Waals surface area contributed by atoms with Crippen molar-refractivity contribution in [3.63, 3.8) is 0 Å². The average Bonchev–Trinajstić information content (AvgIpc) is 2.70. The van der Waals surface area contributed by atoms with E-state index in [1.165, 1.54) is 6.07 Å². The van der Waals surface area contributed by atoms with E-state index in [-0.39, 0.29) is 10.7 Å². The molecule has 7 heteroatoms. The average molecular weight is 360 g/mol. The lowest BCUT2D eigenvalue weighted by Gasteiger charge is -2.11. The van der Waals surface area contributed by atoms with E-state index in [2.05, 4.69) is 32.9 Å². The highest BCUT2D eigenvalue weighted by atomic mass is 79.9. The van der Waals surface area contributed by atoms with Crippen LogP contribution in [0, 0.1) is 6.92 Å². The Balaban J connectivity index is 2.50. The van der Waals surface area contributed by atoms with Gasteiger partial charge in [-0.1, -0.05) is 18.5 Å². The summed E-state index contributed by atoms with van der Waals surface area (Å²) in [5.74, 6) is 0.594. The monoisotopic (exact) mass is 358 g/mol. The predicted octanol–water partition coefficient (Wildman–Crippen LogP) is 2.79. The summed E-state index contributed by atoms with van der Waals surface area (Å²) < 4.78 is 4.46. The molecule has 0 amide bonds. The molecule has 0 unspecified atom stereocenters. The van der Waals surface area contributed by atoms with Gasteiger partial charge in [-0.05, 0) is 36.2 Å². The highest BCUT2D eigenvalue weighted by molar-refractivity contribution is 9.10. The van der Waals surface area contributed by atoms with E-state index in [0.29, 0.717) is 12.4 Å². The fraction of sp³-hybridized carbons (Fsp3) is 0.462. The van der Waals surface area contributed by atoms with E-state index in [4.69, 9.17) is 11.6 Å². The van der Waals surface area contributed by atoms with Crippen LogP contribution in [0.5, 0.6) is 0 Å². The first-order valence-corrected chi connectivity index (χ1v) is 7.63. The zero-order valence-electron chi connectivity index (χ0n) is 11.7. The minimum atomic E-state index is -0.156. The van der Waals surface area contributed by atoms with E-state index in [9.17, 15) is 4.79 Å². The van der Waals surface area contributed by atoms with Gasteiger partial charge in [-0.25, -0.2) is 4.98 Å². The third-order valence-corrected chi connectivity index (χ3v) is 4.28. The molecule has 0 spiro atoms. The third kappa shape index (κ3) is 2.81. The molecule has 20 heavy (non-hydrogen) atoms. The van der Waals surface area contributed by atoms with Crippen LogP contribution in [0.2, 0.25) is 5.15 Å². The zero-order chi connectivity index (χ0) is 14.9. The van der Waals surface area contributed by atoms with Crippen LogP contribution < -0.4 is 5.56 Å². The van der Waals surface area contributed by atoms with Crippen LogP contribution in [-0.4, -0.2) is 19.3 Å². The van der Waals surface area contributed by atoms with E-state index < -0.39 is 0 Å². The maximum atomic E-state index is 12.0. The van der Waals surface area contributed by atoms with Crippen molar-refractivity contribution >= 4 is 27.5 Å². The number of aryl methyl sites for hydroxylation is 3. The van der Waals surface area contributed by atoms with Gasteiger partial charge in [-0.3, -0.25) is 14.0 Å². The standard InChI is InChI=1S/C13H16BrClN4O/c1-4-9-13(14)10(19(5-2)17-9)7-18-8(3)16-11(15)6-12(18)20/h6H,4-5,7H2,1-3H3. The van der Waals surface area contributed by atoms with E-state index in [1.807, 2.05) is 11.6 Å². The Hall–Kier alpha value is -1.14. The van der Waals surface area contributed by atoms with Crippen molar-refractivity contribution < 1.29 is 0 Å². The first kappa shape index (κ1) is 15.3. The lowest BCUT2D eigenvalue weighted by molar-refractivity contribution is 0.579. The van der Waals surface area contributed by atoms with Gasteiger partial charge in [0.25, 0.3) is 5.56 Å². The fourth-order valence-electron chi connectivity index (χ4n) is 2.10. The molecule has 2 rings (SSSR count). The molecule has 0 aromatic carbocycles. The van der Waals surface area contributed by atoms with Crippen molar-refractivity contribution in [3.05, 3.63) is 43.3 Å². The maximum Gasteiger partial charge on any atom is 0.255 e. The minimum Gasteiger partial charge on any atom is -0.291 e. The lowest BCUT2D eigenvalue weighted by atomic mass is 10.3. The Kier molecular flexibility index (Phi) is 4.65. The molecular weight excluding hydrogens is 344 g/mol. The number of aromatic nitrogens is 4. The maximum absolute atomic E-state index is 12.0. The zero-order valence-corrected chi connectivity index (χ0v) is 14.0. The summed E-state index contributed by atoms with van der Waals surface area (Å²) in [6, 6.07) is 1.33. The summed E-state index contributed by atoms with van der Waals surface area (Å²) in [7, 11) is 0. The van der Waals surface area contributed by atoms with Crippen LogP contribution in [0.4, 0.5) is 0 Å². The molecule has 2 aromatic heterocycles. The van der Waals surface area contributed by atoms with Crippen molar-refractivity contribution in [2.45, 2.75) is 40.3 Å². The molecule has 0 radical (unpaired) electrons. The first-order chi connectivity index (χ1) is 9.47. The second-order valence-corrected chi connectivity index (χ2v) is 5.61. The van der Waals surface area contributed by atoms with Gasteiger partial charge in [0.2, 0.25) is 0 Å². The van der Waals surface area contributed by atoms with Crippen LogP contribution in [0.25, 0.3) is 0 Å². The lowest BCUT2D eigenvalue weighted by Crippen LogP contribution is -2.24. The first-order valence-electron chi connectivity index (χ1n) is 6.45. The molecule has 0 saturated heterocycles. The van der Waals surface area contributed by atoms with Crippen molar-refractivity contribution in [1.82, 2.24) is 19.3 Å². The molecule has 2 aromatic rings. The summed E-state index contributed by atoms with van der Waals surface area (Å²) >= 11 is 9.37. The molecular formula is C13H16BrClN4O. The van der Waals surface area contributed by atoms with Gasteiger partial charge in [0.15, 0.2) is 0 Å². The summed E-state index contributed by atoms with van der Waals surface area (Å²) in [6.07, 6.45) is 0.841. The fourth-order valence-corrected chi connectivity index (χ4v) is 3.00. The van der Waals surface area contributed by atoms with Gasteiger partial charge in [0.05, 0.1) is 22.4 Å². The predicted molar refractivity (Wildman–Crippen MR) is 82.3 cm³/mol. The molecule has 0 fully saturated rings. The second-order valence-electron chi connectivity index (χ2n) is 4.43. The molecule has 0 aliphatic carbocycles. The molecule has 0 aliphatic heterocycles. The van der Waals surface area contributed by atoms with E-state index in [1.54, 1.807) is 11.5 Å². The highest BCUT2D eigenvalue weighted by Gasteiger charge is 2.16. The van der Waals surface area contributed by atoms with Crippen molar-refractivity contribution in [1.29, 1.82) is 0 Å². The largest absolute Gasteiger partial charge is 0.291 e. The third-order valence-electron chi connectivity index (χ3n) is 3.17. The van der Waals surface area contributed by atoms with E-state index >= 15 is 0 Å². The molecule has 0 atom stereocenters. The van der Waals surface area contributed by atoms with Crippen LogP contribution in [0.15, 0.2) is 15.3 Å². The molecule has 0 bridgehead atoms. The minimum absolute atomic E-state index is 0.156. The summed E-state index contributed by atoms with van der Waals surface area (Å²) in [5.41, 5.74) is 1.81. The molecule has 108 valence electrons. The number of nitrogens with zero attached hydrogens (tertiary/aromatic N) is 4. The Morgan fingerprint density at radius 2 is 2.10 bits per heavy atom. The smallest absolute Gasteiger partial charge is 0.255 e. The second kappa shape index (κ2) is 6.10. The van der Waals surface area contributed by atoms with E-state index in [0.717, 1.165) is 28.8 Å². The summed E-state index contributed by atoms with van der Waals surface area (Å²) in [6.45, 7) is 7.03. The number of halogens is 2. The van der Waals surface area contributed by atoms with Gasteiger partial charge in [0, 0.05) is 12.6 Å². The quantitative estimate of drug-likeness (QED) is 0.789. The van der Waals surface area contributed by atoms with Gasteiger partial charge in [-0.15, -0.1) is 0 Å². The molecule has 0 N–H and O–H groups in total. The van der Waals surface area contributed by atoms with Gasteiger partial charge in [-0.2, -0.15) is 5.10 Å². The van der Waals surface area contributed by atoms with Crippen LogP contribution >= 0.6 is 27.5 Å². The molecule has 2 heterocycles. The summed E-state index contributed by atoms with van der Waals surface area (Å²) in [5, 5.41) is 4.75. The number of hydrogen-bond donors (Lipinski definition) is 0. The Labute approximate surface area is 130 Å². The highest BCUT2D eigenvalue weighted by Crippen LogP contribution is 2.23. The normalized spacial score (nSPS) is 11.1. The van der Waals surface area contributed by atoms with Crippen molar-refractivity contribution in [2.24, 2.45) is 0 Å². The molecule has 0 aliphatic rings. The SMILES string of the molecule is CCc1nn(CC)c(Cn2c(C)nc(Cl)cc2=O)c1Br. The van der Waals surface area contributed by atoms with Gasteiger partial charge in [0.1, 0.15) is 11.0 Å². The topological polar surface area (TPSA) is 52.7 Å².